The molecule has 17 heavy (non-hydrogen) atoms. The van der Waals surface area contributed by atoms with Crippen LogP contribution in [-0.2, 0) is 14.3 Å². The zero-order valence-corrected chi connectivity index (χ0v) is 10.6. The van der Waals surface area contributed by atoms with Crippen molar-refractivity contribution >= 4 is 5.91 Å². The van der Waals surface area contributed by atoms with Crippen molar-refractivity contribution in [3.8, 4) is 0 Å². The molecule has 0 aromatic rings. The van der Waals surface area contributed by atoms with Gasteiger partial charge in [0.05, 0.1) is 18.3 Å². The van der Waals surface area contributed by atoms with Gasteiger partial charge in [-0.15, -0.1) is 0 Å². The number of amides is 1. The summed E-state index contributed by atoms with van der Waals surface area (Å²) >= 11 is 0. The standard InChI is InChI=1S/C12H22N2O3/c1-9(11(15)13-2)17-10-7-12(16-8-10)3-5-14-6-4-12/h9-10,14H,3-8H2,1-2H3,(H,13,15). The van der Waals surface area contributed by atoms with E-state index in [4.69, 9.17) is 9.47 Å². The SMILES string of the molecule is CNC(=O)C(C)OC1COC2(CCNCC2)C1. The maximum Gasteiger partial charge on any atom is 0.248 e. The Labute approximate surface area is 102 Å². The number of piperidine rings is 1. The van der Waals surface area contributed by atoms with Crippen LogP contribution < -0.4 is 10.6 Å². The van der Waals surface area contributed by atoms with Crippen LogP contribution in [0.4, 0.5) is 0 Å². The fraction of sp³-hybridized carbons (Fsp3) is 0.917. The van der Waals surface area contributed by atoms with E-state index in [0.717, 1.165) is 32.4 Å². The first-order valence-electron chi connectivity index (χ1n) is 6.37. The van der Waals surface area contributed by atoms with Crippen molar-refractivity contribution in [2.24, 2.45) is 0 Å². The molecule has 2 rings (SSSR count). The highest BCUT2D eigenvalue weighted by atomic mass is 16.6. The molecule has 2 aliphatic heterocycles. The monoisotopic (exact) mass is 242 g/mol. The molecule has 2 atom stereocenters. The smallest absolute Gasteiger partial charge is 0.248 e. The molecular weight excluding hydrogens is 220 g/mol. The first-order chi connectivity index (χ1) is 8.15. The average molecular weight is 242 g/mol. The molecule has 2 unspecified atom stereocenters. The van der Waals surface area contributed by atoms with Gasteiger partial charge in [0.2, 0.25) is 5.91 Å². The lowest BCUT2D eigenvalue weighted by atomic mass is 9.89. The molecular formula is C12H22N2O3. The quantitative estimate of drug-likeness (QED) is 0.734. The fourth-order valence-electron chi connectivity index (χ4n) is 2.67. The predicted octanol–water partition coefficient (Wildman–Crippen LogP) is 0.0486. The number of hydrogen-bond donors (Lipinski definition) is 2. The topological polar surface area (TPSA) is 59.6 Å². The molecule has 98 valence electrons. The van der Waals surface area contributed by atoms with Crippen LogP contribution in [-0.4, -0.2) is 50.5 Å². The van der Waals surface area contributed by atoms with E-state index >= 15 is 0 Å². The molecule has 0 saturated carbocycles. The Morgan fingerprint density at radius 3 is 2.88 bits per heavy atom. The van der Waals surface area contributed by atoms with Crippen LogP contribution in [0.3, 0.4) is 0 Å². The Morgan fingerprint density at radius 1 is 1.53 bits per heavy atom. The van der Waals surface area contributed by atoms with Gasteiger partial charge in [-0.1, -0.05) is 0 Å². The summed E-state index contributed by atoms with van der Waals surface area (Å²) in [6.07, 6.45) is 2.66. The van der Waals surface area contributed by atoms with Crippen molar-refractivity contribution < 1.29 is 14.3 Å². The molecule has 2 aliphatic rings. The first-order valence-corrected chi connectivity index (χ1v) is 6.37. The maximum absolute atomic E-state index is 11.4. The normalized spacial score (nSPS) is 29.2. The summed E-state index contributed by atoms with van der Waals surface area (Å²) in [5.74, 6) is -0.0729. The molecule has 0 radical (unpaired) electrons. The third-order valence-electron chi connectivity index (χ3n) is 3.70. The van der Waals surface area contributed by atoms with Gasteiger partial charge in [0.1, 0.15) is 6.10 Å². The Morgan fingerprint density at radius 2 is 2.24 bits per heavy atom. The van der Waals surface area contributed by atoms with Crippen molar-refractivity contribution in [1.82, 2.24) is 10.6 Å². The molecule has 5 nitrogen and oxygen atoms in total. The van der Waals surface area contributed by atoms with E-state index in [9.17, 15) is 4.79 Å². The maximum atomic E-state index is 11.4. The molecule has 1 amide bonds. The predicted molar refractivity (Wildman–Crippen MR) is 63.8 cm³/mol. The summed E-state index contributed by atoms with van der Waals surface area (Å²) < 4.78 is 11.6. The zero-order valence-electron chi connectivity index (χ0n) is 10.6. The summed E-state index contributed by atoms with van der Waals surface area (Å²) in [5, 5.41) is 5.93. The first kappa shape index (κ1) is 12.8. The number of carbonyl (C=O) groups is 1. The lowest BCUT2D eigenvalue weighted by Gasteiger charge is -2.32. The second kappa shape index (κ2) is 5.33. The second-order valence-corrected chi connectivity index (χ2v) is 4.96. The average Bonchev–Trinajstić information content (AvgIpc) is 2.72. The fourth-order valence-corrected chi connectivity index (χ4v) is 2.67. The summed E-state index contributed by atoms with van der Waals surface area (Å²) in [7, 11) is 1.63. The van der Waals surface area contributed by atoms with Gasteiger partial charge in [0.15, 0.2) is 0 Å². The molecule has 1 spiro atoms. The summed E-state index contributed by atoms with van der Waals surface area (Å²) in [6, 6.07) is 0. The number of carbonyl (C=O) groups excluding carboxylic acids is 1. The number of rotatable bonds is 3. The summed E-state index contributed by atoms with van der Waals surface area (Å²) in [6.45, 7) is 4.42. The van der Waals surface area contributed by atoms with E-state index in [0.29, 0.717) is 6.61 Å². The van der Waals surface area contributed by atoms with E-state index in [-0.39, 0.29) is 17.6 Å². The Kier molecular flexibility index (Phi) is 4.01. The van der Waals surface area contributed by atoms with Gasteiger partial charge in [0, 0.05) is 13.5 Å². The Balaban J connectivity index is 1.83. The van der Waals surface area contributed by atoms with Gasteiger partial charge in [0.25, 0.3) is 0 Å². The number of nitrogens with one attached hydrogen (secondary N) is 2. The zero-order chi connectivity index (χ0) is 12.3. The molecule has 2 saturated heterocycles. The van der Waals surface area contributed by atoms with Crippen molar-refractivity contribution in [3.05, 3.63) is 0 Å². The molecule has 5 heteroatoms. The van der Waals surface area contributed by atoms with Crippen LogP contribution in [0.15, 0.2) is 0 Å². The molecule has 2 heterocycles. The van der Waals surface area contributed by atoms with Crippen LogP contribution in [0.2, 0.25) is 0 Å². The van der Waals surface area contributed by atoms with Gasteiger partial charge in [-0.3, -0.25) is 4.79 Å². The lowest BCUT2D eigenvalue weighted by Crippen LogP contribution is -2.42. The summed E-state index contributed by atoms with van der Waals surface area (Å²) in [5.41, 5.74) is -0.00166. The highest BCUT2D eigenvalue weighted by Crippen LogP contribution is 2.35. The highest BCUT2D eigenvalue weighted by molar-refractivity contribution is 5.79. The molecule has 0 aromatic carbocycles. The second-order valence-electron chi connectivity index (χ2n) is 4.96. The molecule has 0 aliphatic carbocycles. The van der Waals surface area contributed by atoms with Crippen LogP contribution >= 0.6 is 0 Å². The van der Waals surface area contributed by atoms with Crippen molar-refractivity contribution in [2.75, 3.05) is 26.7 Å². The summed E-state index contributed by atoms with van der Waals surface area (Å²) in [4.78, 5) is 11.4. The van der Waals surface area contributed by atoms with E-state index in [1.807, 2.05) is 0 Å². The minimum absolute atomic E-state index is 0.00166. The van der Waals surface area contributed by atoms with E-state index in [2.05, 4.69) is 10.6 Å². The minimum atomic E-state index is -0.398. The van der Waals surface area contributed by atoms with Crippen LogP contribution in [0.1, 0.15) is 26.2 Å². The third-order valence-corrected chi connectivity index (χ3v) is 3.70. The van der Waals surface area contributed by atoms with E-state index < -0.39 is 6.10 Å². The lowest BCUT2D eigenvalue weighted by molar-refractivity contribution is -0.134. The number of hydrogen-bond acceptors (Lipinski definition) is 4. The van der Waals surface area contributed by atoms with E-state index in [1.165, 1.54) is 0 Å². The number of likely N-dealkylation sites (N-methyl/N-ethyl adjacent to an activating group) is 1. The van der Waals surface area contributed by atoms with Crippen LogP contribution in [0, 0.1) is 0 Å². The number of ether oxygens (including phenoxy) is 2. The van der Waals surface area contributed by atoms with Crippen molar-refractivity contribution in [2.45, 2.75) is 44.0 Å². The van der Waals surface area contributed by atoms with Gasteiger partial charge in [-0.2, -0.15) is 0 Å². The van der Waals surface area contributed by atoms with E-state index in [1.54, 1.807) is 14.0 Å². The Bertz CT molecular complexity index is 277. The highest BCUT2D eigenvalue weighted by Gasteiger charge is 2.42. The van der Waals surface area contributed by atoms with Gasteiger partial charge in [-0.25, -0.2) is 0 Å². The van der Waals surface area contributed by atoms with Crippen LogP contribution in [0.25, 0.3) is 0 Å². The molecule has 0 bridgehead atoms. The van der Waals surface area contributed by atoms with Crippen molar-refractivity contribution in [3.63, 3.8) is 0 Å². The Hall–Kier alpha value is -0.650. The minimum Gasteiger partial charge on any atom is -0.372 e. The van der Waals surface area contributed by atoms with Gasteiger partial charge < -0.3 is 20.1 Å². The third kappa shape index (κ3) is 2.97. The van der Waals surface area contributed by atoms with Gasteiger partial charge >= 0.3 is 0 Å². The molecule has 2 fully saturated rings. The van der Waals surface area contributed by atoms with Crippen LogP contribution in [0.5, 0.6) is 0 Å². The molecule has 2 N–H and O–H groups in total. The molecule has 0 aromatic heterocycles. The largest absolute Gasteiger partial charge is 0.372 e. The van der Waals surface area contributed by atoms with Crippen molar-refractivity contribution in [1.29, 1.82) is 0 Å². The van der Waals surface area contributed by atoms with Gasteiger partial charge in [-0.05, 0) is 32.9 Å².